The summed E-state index contributed by atoms with van der Waals surface area (Å²) >= 11 is 6.63. The molecule has 42 heavy (non-hydrogen) atoms. The van der Waals surface area contributed by atoms with Gasteiger partial charge in [-0.2, -0.15) is 9.97 Å². The molecule has 2 bridgehead atoms. The molecule has 3 atom stereocenters. The number of nitrogens with one attached hydrogen (secondary N) is 1. The van der Waals surface area contributed by atoms with Gasteiger partial charge in [0.25, 0.3) is 0 Å². The fraction of sp³-hybridized carbons (Fsp3) is 0.469. The maximum absolute atomic E-state index is 13.8. The summed E-state index contributed by atoms with van der Waals surface area (Å²) < 4.78 is 20.2. The number of anilines is 1. The minimum Gasteiger partial charge on any atom is -0.508 e. The van der Waals surface area contributed by atoms with Gasteiger partial charge in [-0.3, -0.25) is 4.90 Å². The molecule has 5 heterocycles. The third-order valence-corrected chi connectivity index (χ3v) is 9.78. The highest BCUT2D eigenvalue weighted by Gasteiger charge is 2.46. The number of aromatic nitrogens is 3. The molecule has 3 saturated heterocycles. The Kier molecular flexibility index (Phi) is 6.39. The second kappa shape index (κ2) is 10.2. The molecule has 0 spiro atoms. The Morgan fingerprint density at radius 1 is 1.02 bits per heavy atom. The van der Waals surface area contributed by atoms with Crippen LogP contribution in [0.5, 0.6) is 11.8 Å². The van der Waals surface area contributed by atoms with E-state index >= 15 is 0 Å². The molecule has 1 aliphatic carbocycles. The van der Waals surface area contributed by atoms with Crippen molar-refractivity contribution < 1.29 is 14.2 Å². The van der Waals surface area contributed by atoms with Crippen molar-refractivity contribution in [1.82, 2.24) is 25.2 Å². The van der Waals surface area contributed by atoms with Crippen LogP contribution in [0, 0.1) is 5.41 Å². The molecule has 0 amide bonds. The normalized spacial score (nSPS) is 25.0. The van der Waals surface area contributed by atoms with Gasteiger partial charge in [0, 0.05) is 66.2 Å². The minimum atomic E-state index is -0.721. The van der Waals surface area contributed by atoms with E-state index in [4.69, 9.17) is 31.3 Å². The zero-order valence-corrected chi connectivity index (χ0v) is 24.2. The molecule has 2 unspecified atom stereocenters. The Balaban J connectivity index is 1.17. The van der Waals surface area contributed by atoms with Crippen LogP contribution in [0.2, 0.25) is 5.02 Å². The van der Waals surface area contributed by atoms with Crippen LogP contribution in [-0.2, 0) is 0 Å². The zero-order chi connectivity index (χ0) is 28.4. The van der Waals surface area contributed by atoms with Gasteiger partial charge < -0.3 is 20.1 Å². The highest BCUT2D eigenvalue weighted by Crippen LogP contribution is 2.47. The van der Waals surface area contributed by atoms with Gasteiger partial charge in [-0.05, 0) is 67.8 Å². The van der Waals surface area contributed by atoms with E-state index in [1.807, 2.05) is 30.3 Å². The molecule has 2 aromatic carbocycles. The van der Waals surface area contributed by atoms with E-state index in [0.717, 1.165) is 66.6 Å². The quantitative estimate of drug-likeness (QED) is 0.299. The van der Waals surface area contributed by atoms with Crippen molar-refractivity contribution >= 4 is 39.2 Å². The van der Waals surface area contributed by atoms with Gasteiger partial charge in [0.15, 0.2) is 5.65 Å². The first-order valence-electron chi connectivity index (χ1n) is 15.0. The average molecular weight is 589 g/mol. The molecule has 2 aromatic heterocycles. The van der Waals surface area contributed by atoms with E-state index in [1.54, 1.807) is 12.1 Å². The second-order valence-electron chi connectivity index (χ2n) is 12.7. The molecule has 1 saturated carbocycles. The van der Waals surface area contributed by atoms with Crippen LogP contribution >= 0.6 is 11.6 Å². The largest absolute Gasteiger partial charge is 0.508 e. The van der Waals surface area contributed by atoms with Gasteiger partial charge in [-0.15, -0.1) is 0 Å². The van der Waals surface area contributed by atoms with Crippen molar-refractivity contribution in [3.63, 3.8) is 0 Å². The van der Waals surface area contributed by atoms with E-state index in [0.29, 0.717) is 54.0 Å². The Morgan fingerprint density at radius 2 is 1.86 bits per heavy atom. The lowest BCUT2D eigenvalue weighted by Crippen LogP contribution is -2.51. The number of piperazine rings is 1. The first-order valence-corrected chi connectivity index (χ1v) is 15.4. The number of alkyl halides is 1. The average Bonchev–Trinajstić information content (AvgIpc) is 3.50. The molecule has 4 aromatic rings. The summed E-state index contributed by atoms with van der Waals surface area (Å²) in [6.45, 7) is 4.43. The maximum Gasteiger partial charge on any atom is 0.320 e. The van der Waals surface area contributed by atoms with Crippen molar-refractivity contribution in [2.45, 2.75) is 50.4 Å². The third-order valence-electron chi connectivity index (χ3n) is 9.46. The second-order valence-corrected chi connectivity index (χ2v) is 13.1. The van der Waals surface area contributed by atoms with Crippen molar-refractivity contribution in [3.05, 3.63) is 47.5 Å². The van der Waals surface area contributed by atoms with Crippen LogP contribution in [0.1, 0.15) is 32.1 Å². The molecule has 8 nitrogen and oxygen atoms in total. The Bertz CT molecular complexity index is 1670. The molecular formula is C32H34ClFN6O2. The van der Waals surface area contributed by atoms with Gasteiger partial charge in [0.2, 0.25) is 0 Å². The van der Waals surface area contributed by atoms with Gasteiger partial charge in [0.1, 0.15) is 17.7 Å². The van der Waals surface area contributed by atoms with Gasteiger partial charge in [0.05, 0.1) is 17.7 Å². The van der Waals surface area contributed by atoms with E-state index in [9.17, 15) is 9.50 Å². The number of benzene rings is 2. The number of hydrogen-bond donors (Lipinski definition) is 2. The summed E-state index contributed by atoms with van der Waals surface area (Å²) in [5, 5.41) is 17.4. The van der Waals surface area contributed by atoms with Crippen molar-refractivity contribution in [3.8, 4) is 23.0 Å². The fourth-order valence-corrected chi connectivity index (χ4v) is 7.40. The number of halogens is 2. The molecule has 4 fully saturated rings. The molecular weight excluding hydrogens is 555 g/mol. The number of fused-ring (bicyclic) bond motifs is 4. The zero-order valence-electron chi connectivity index (χ0n) is 23.4. The van der Waals surface area contributed by atoms with Gasteiger partial charge >= 0.3 is 6.01 Å². The first-order chi connectivity index (χ1) is 20.4. The number of rotatable bonds is 7. The highest BCUT2D eigenvalue weighted by atomic mass is 35.5. The lowest BCUT2D eigenvalue weighted by molar-refractivity contribution is 0.165. The van der Waals surface area contributed by atoms with Crippen LogP contribution in [0.25, 0.3) is 33.1 Å². The van der Waals surface area contributed by atoms with E-state index in [2.05, 4.69) is 15.1 Å². The first kappa shape index (κ1) is 26.4. The number of phenols is 1. The predicted octanol–water partition coefficient (Wildman–Crippen LogP) is 5.35. The van der Waals surface area contributed by atoms with Gasteiger partial charge in [-0.1, -0.05) is 23.7 Å². The standard InChI is InChI=1S/C32H34ClFN6O2/c33-26-3-1-2-19-12-23(41)13-25(28(19)26)27-7-6-24-29(36-27)37-31(38-30(24)40-15-21-4-5-22(16-40)35-21)42-18-32(9-10-32)17-39-11-8-20(34)14-39/h1-3,6-7,12-13,20-22,35,41H,4-5,8-11,14-18H2/t20-,21?,22?/m1/s1. The van der Waals surface area contributed by atoms with E-state index < -0.39 is 6.17 Å². The number of hydrogen-bond acceptors (Lipinski definition) is 8. The Hall–Kier alpha value is -3.27. The van der Waals surface area contributed by atoms with E-state index in [1.165, 1.54) is 12.8 Å². The number of ether oxygens (including phenoxy) is 1. The third kappa shape index (κ3) is 4.91. The van der Waals surface area contributed by atoms with Crippen LogP contribution in [0.3, 0.4) is 0 Å². The van der Waals surface area contributed by atoms with Crippen molar-refractivity contribution in [2.24, 2.45) is 5.41 Å². The SMILES string of the molecule is Oc1cc(-c2ccc3c(N4CC5CCC(C4)N5)nc(OCC4(CN5CC[C@@H](F)C5)CC4)nc3n2)c2c(Cl)cccc2c1. The van der Waals surface area contributed by atoms with Crippen LogP contribution < -0.4 is 15.0 Å². The van der Waals surface area contributed by atoms with Gasteiger partial charge in [-0.25, -0.2) is 9.37 Å². The number of likely N-dealkylation sites (tertiary alicyclic amines) is 1. The van der Waals surface area contributed by atoms with Crippen LogP contribution in [0.15, 0.2) is 42.5 Å². The van der Waals surface area contributed by atoms with Crippen LogP contribution in [-0.4, -0.2) is 82.5 Å². The molecule has 2 N–H and O–H groups in total. The number of aromatic hydroxyl groups is 1. The summed E-state index contributed by atoms with van der Waals surface area (Å²) in [5.74, 6) is 0.994. The topological polar surface area (TPSA) is 86.6 Å². The van der Waals surface area contributed by atoms with E-state index in [-0.39, 0.29) is 11.2 Å². The summed E-state index contributed by atoms with van der Waals surface area (Å²) in [4.78, 5) is 19.4. The molecule has 218 valence electrons. The van der Waals surface area contributed by atoms with Crippen molar-refractivity contribution in [2.75, 3.05) is 44.2 Å². The molecule has 4 aliphatic rings. The molecule has 0 radical (unpaired) electrons. The highest BCUT2D eigenvalue weighted by molar-refractivity contribution is 6.36. The lowest BCUT2D eigenvalue weighted by atomic mass is 10.0. The summed E-state index contributed by atoms with van der Waals surface area (Å²) in [6, 6.07) is 14.3. The maximum atomic E-state index is 13.8. The monoisotopic (exact) mass is 588 g/mol. The fourth-order valence-electron chi connectivity index (χ4n) is 7.11. The summed E-state index contributed by atoms with van der Waals surface area (Å²) in [7, 11) is 0. The number of phenolic OH excluding ortho intramolecular Hbond substituents is 1. The molecule has 8 rings (SSSR count). The number of nitrogens with zero attached hydrogens (tertiary/aromatic N) is 5. The summed E-state index contributed by atoms with van der Waals surface area (Å²) in [6.07, 6.45) is 4.36. The number of pyridine rings is 1. The van der Waals surface area contributed by atoms with Crippen molar-refractivity contribution in [1.29, 1.82) is 0 Å². The predicted molar refractivity (Wildman–Crippen MR) is 162 cm³/mol. The molecule has 10 heteroatoms. The van der Waals surface area contributed by atoms with Crippen LogP contribution in [0.4, 0.5) is 10.2 Å². The molecule has 3 aliphatic heterocycles. The minimum absolute atomic E-state index is 0.0310. The smallest absolute Gasteiger partial charge is 0.320 e. The lowest BCUT2D eigenvalue weighted by Gasteiger charge is -2.34. The Morgan fingerprint density at radius 3 is 2.62 bits per heavy atom. The summed E-state index contributed by atoms with van der Waals surface area (Å²) in [5.41, 5.74) is 1.99. The Labute approximate surface area is 248 Å².